The van der Waals surface area contributed by atoms with E-state index in [1.54, 1.807) is 0 Å². The van der Waals surface area contributed by atoms with Crippen LogP contribution in [0.1, 0.15) is 5.56 Å². The second-order valence-corrected chi connectivity index (χ2v) is 9.28. The number of rotatable bonds is 5. The fourth-order valence-electron chi connectivity index (χ4n) is 3.08. The van der Waals surface area contributed by atoms with Crippen molar-refractivity contribution in [2.75, 3.05) is 4.72 Å². The molecule has 0 amide bonds. The van der Waals surface area contributed by atoms with Crippen LogP contribution >= 0.6 is 23.2 Å². The molecule has 3 aromatic carbocycles. The van der Waals surface area contributed by atoms with Gasteiger partial charge in [-0.15, -0.1) is 0 Å². The molecule has 1 heterocycles. The molecule has 166 valence electrons. The van der Waals surface area contributed by atoms with Gasteiger partial charge in [0.1, 0.15) is 10.7 Å². The Morgan fingerprint density at radius 3 is 2.34 bits per heavy atom. The van der Waals surface area contributed by atoms with E-state index in [4.69, 9.17) is 23.2 Å². The number of benzene rings is 3. The van der Waals surface area contributed by atoms with E-state index in [1.807, 2.05) is 0 Å². The summed E-state index contributed by atoms with van der Waals surface area (Å²) in [4.78, 5) is 12.0. The van der Waals surface area contributed by atoms with Crippen LogP contribution in [0, 0.1) is 17.5 Å². The van der Waals surface area contributed by atoms with Gasteiger partial charge in [-0.3, -0.25) is 14.6 Å². The number of halogens is 5. The molecule has 1 aromatic heterocycles. The zero-order valence-electron chi connectivity index (χ0n) is 15.8. The summed E-state index contributed by atoms with van der Waals surface area (Å²) in [6.45, 7) is -0.0692. The molecule has 32 heavy (non-hydrogen) atoms. The van der Waals surface area contributed by atoms with Crippen molar-refractivity contribution < 1.29 is 21.6 Å². The Hall–Kier alpha value is -2.95. The summed E-state index contributed by atoms with van der Waals surface area (Å²) in [5.41, 5.74) is 0.195. The number of fused-ring (bicyclic) bond motifs is 1. The smallest absolute Gasteiger partial charge is 0.274 e. The highest BCUT2D eigenvalue weighted by Gasteiger charge is 2.22. The summed E-state index contributed by atoms with van der Waals surface area (Å²) in [5.74, 6) is -3.14. The molecule has 0 aliphatic carbocycles. The molecule has 0 fully saturated rings. The number of sulfonamides is 1. The summed E-state index contributed by atoms with van der Waals surface area (Å²) in [7, 11) is -4.38. The van der Waals surface area contributed by atoms with E-state index >= 15 is 0 Å². The maximum atomic E-state index is 14.1. The summed E-state index contributed by atoms with van der Waals surface area (Å²) in [6, 6.07) is 9.00. The van der Waals surface area contributed by atoms with Gasteiger partial charge in [0.05, 0.1) is 27.5 Å². The number of nitrogens with one attached hydrogen (secondary N) is 2. The first-order chi connectivity index (χ1) is 15.0. The van der Waals surface area contributed by atoms with Crippen molar-refractivity contribution >= 4 is 49.8 Å². The van der Waals surface area contributed by atoms with Gasteiger partial charge in [0.25, 0.3) is 15.6 Å². The average Bonchev–Trinajstić information content (AvgIpc) is 3.02. The molecular weight excluding hydrogens is 490 g/mol. The minimum atomic E-state index is -4.38. The molecule has 0 radical (unpaired) electrons. The molecule has 2 N–H and O–H groups in total. The van der Waals surface area contributed by atoms with Crippen molar-refractivity contribution in [3.63, 3.8) is 0 Å². The molecule has 0 atom stereocenters. The second kappa shape index (κ2) is 8.19. The topological polar surface area (TPSA) is 84.0 Å². The zero-order valence-corrected chi connectivity index (χ0v) is 18.1. The molecule has 12 heteroatoms. The Kier molecular flexibility index (Phi) is 5.70. The van der Waals surface area contributed by atoms with Gasteiger partial charge in [-0.25, -0.2) is 26.3 Å². The Morgan fingerprint density at radius 2 is 1.62 bits per heavy atom. The molecule has 0 saturated heterocycles. The Morgan fingerprint density at radius 1 is 0.906 bits per heavy atom. The Labute approximate surface area is 189 Å². The first kappa shape index (κ1) is 22.3. The van der Waals surface area contributed by atoms with E-state index in [1.165, 1.54) is 24.3 Å². The summed E-state index contributed by atoms with van der Waals surface area (Å²) < 4.78 is 69.2. The molecule has 6 nitrogen and oxygen atoms in total. The average molecular weight is 502 g/mol. The van der Waals surface area contributed by atoms with E-state index in [9.17, 15) is 26.4 Å². The van der Waals surface area contributed by atoms with Gasteiger partial charge in [-0.2, -0.15) is 0 Å². The normalized spacial score (nSPS) is 11.8. The summed E-state index contributed by atoms with van der Waals surface area (Å²) >= 11 is 11.5. The fraction of sp³-hybridized carbons (Fsp3) is 0.0500. The fourth-order valence-corrected chi connectivity index (χ4v) is 4.59. The molecular formula is C20H12Cl2F3N3O3S. The van der Waals surface area contributed by atoms with Gasteiger partial charge in [-0.05, 0) is 48.0 Å². The van der Waals surface area contributed by atoms with Gasteiger partial charge in [0.15, 0.2) is 11.6 Å². The number of nitrogens with zero attached hydrogens (tertiary/aromatic N) is 1. The van der Waals surface area contributed by atoms with Crippen LogP contribution in [0.5, 0.6) is 0 Å². The number of hydrogen-bond donors (Lipinski definition) is 2. The first-order valence-electron chi connectivity index (χ1n) is 8.89. The van der Waals surface area contributed by atoms with Crippen molar-refractivity contribution in [1.29, 1.82) is 0 Å². The lowest BCUT2D eigenvalue weighted by Gasteiger charge is -2.10. The number of H-pyrrole nitrogens is 1. The van der Waals surface area contributed by atoms with E-state index in [0.29, 0.717) is 11.1 Å². The standard InChI is InChI=1S/C20H12Cl2F3N3O3S/c21-13-7-17(25)19(8-14(13)22)32(30,31)27-11-2-4-18-12(6-11)20(29)28(26-18)9-10-1-3-15(23)16(24)5-10/h1-8,26-27H,9H2. The van der Waals surface area contributed by atoms with E-state index in [0.717, 1.165) is 28.9 Å². The maximum Gasteiger partial charge on any atom is 0.274 e. The van der Waals surface area contributed by atoms with Gasteiger partial charge in [0, 0.05) is 5.69 Å². The highest BCUT2D eigenvalue weighted by atomic mass is 35.5. The SMILES string of the molecule is O=c1c2cc(NS(=O)(=O)c3cc(Cl)c(Cl)cc3F)ccc2[nH]n1Cc1ccc(F)c(F)c1. The van der Waals surface area contributed by atoms with Crippen LogP contribution in [-0.2, 0) is 16.6 Å². The molecule has 4 rings (SSSR count). The molecule has 0 aliphatic heterocycles. The van der Waals surface area contributed by atoms with E-state index in [-0.39, 0.29) is 27.7 Å². The van der Waals surface area contributed by atoms with E-state index < -0.39 is 37.9 Å². The lowest BCUT2D eigenvalue weighted by molar-refractivity contribution is 0.505. The minimum absolute atomic E-state index is 0.000880. The molecule has 0 saturated carbocycles. The zero-order chi connectivity index (χ0) is 23.2. The molecule has 4 aromatic rings. The lowest BCUT2D eigenvalue weighted by atomic mass is 10.2. The van der Waals surface area contributed by atoms with Crippen LogP contribution in [0.25, 0.3) is 10.9 Å². The van der Waals surface area contributed by atoms with Crippen LogP contribution in [0.4, 0.5) is 18.9 Å². The highest BCUT2D eigenvalue weighted by molar-refractivity contribution is 7.92. The van der Waals surface area contributed by atoms with Crippen molar-refractivity contribution in [3.8, 4) is 0 Å². The van der Waals surface area contributed by atoms with Crippen LogP contribution in [0.2, 0.25) is 10.0 Å². The molecule has 0 aliphatic rings. The Bertz CT molecular complexity index is 1530. The van der Waals surface area contributed by atoms with Crippen molar-refractivity contribution in [2.45, 2.75) is 11.4 Å². The maximum absolute atomic E-state index is 14.1. The minimum Gasteiger partial charge on any atom is -0.295 e. The van der Waals surface area contributed by atoms with Crippen LogP contribution in [0.15, 0.2) is 58.2 Å². The third-order valence-electron chi connectivity index (χ3n) is 4.59. The van der Waals surface area contributed by atoms with Gasteiger partial charge >= 0.3 is 0 Å². The predicted molar refractivity (Wildman–Crippen MR) is 115 cm³/mol. The van der Waals surface area contributed by atoms with Crippen LogP contribution in [0.3, 0.4) is 0 Å². The number of aromatic nitrogens is 2. The van der Waals surface area contributed by atoms with Gasteiger partial charge in [0.2, 0.25) is 0 Å². The van der Waals surface area contributed by atoms with Gasteiger partial charge in [-0.1, -0.05) is 29.3 Å². The molecule has 0 spiro atoms. The quantitative estimate of drug-likeness (QED) is 0.381. The largest absolute Gasteiger partial charge is 0.295 e. The number of aromatic amines is 1. The monoisotopic (exact) mass is 501 g/mol. The third kappa shape index (κ3) is 4.21. The highest BCUT2D eigenvalue weighted by Crippen LogP contribution is 2.29. The summed E-state index contributed by atoms with van der Waals surface area (Å²) in [6.07, 6.45) is 0. The molecule has 0 unspecified atom stereocenters. The van der Waals surface area contributed by atoms with E-state index in [2.05, 4.69) is 9.82 Å². The van der Waals surface area contributed by atoms with Crippen molar-refractivity contribution in [1.82, 2.24) is 9.78 Å². The third-order valence-corrected chi connectivity index (χ3v) is 6.71. The molecule has 0 bridgehead atoms. The Balaban J connectivity index is 1.67. The van der Waals surface area contributed by atoms with Crippen LogP contribution in [-0.4, -0.2) is 18.2 Å². The predicted octanol–water partition coefficient (Wildman–Crippen LogP) is 4.90. The summed E-state index contributed by atoms with van der Waals surface area (Å²) in [5, 5.41) is 2.65. The first-order valence-corrected chi connectivity index (χ1v) is 11.1. The lowest BCUT2D eigenvalue weighted by Crippen LogP contribution is -2.17. The van der Waals surface area contributed by atoms with Gasteiger partial charge < -0.3 is 0 Å². The van der Waals surface area contributed by atoms with Crippen molar-refractivity contribution in [2.24, 2.45) is 0 Å². The van der Waals surface area contributed by atoms with Crippen LogP contribution < -0.4 is 10.3 Å². The second-order valence-electron chi connectivity index (χ2n) is 6.81. The number of hydrogen-bond acceptors (Lipinski definition) is 3. The number of anilines is 1. The van der Waals surface area contributed by atoms with Crippen molar-refractivity contribution in [3.05, 3.63) is 91.9 Å².